The number of benzene rings is 1. The van der Waals surface area contributed by atoms with E-state index in [-0.39, 0.29) is 0 Å². The Bertz CT molecular complexity index is 573. The fraction of sp³-hybridized carbons (Fsp3) is 0.312. The molecule has 1 aromatic heterocycles. The van der Waals surface area contributed by atoms with Crippen LogP contribution in [0.5, 0.6) is 11.5 Å². The first-order chi connectivity index (χ1) is 10.2. The molecule has 0 radical (unpaired) electrons. The van der Waals surface area contributed by atoms with Crippen molar-refractivity contribution in [3.8, 4) is 11.5 Å². The molecule has 5 heteroatoms. The first-order valence-electron chi connectivity index (χ1n) is 6.77. The Kier molecular flexibility index (Phi) is 5.99. The Labute approximate surface area is 130 Å². The molecule has 0 aliphatic carbocycles. The minimum absolute atomic E-state index is 0.665. The Morgan fingerprint density at radius 1 is 1.24 bits per heavy atom. The maximum Gasteiger partial charge on any atom is 0.145 e. The van der Waals surface area contributed by atoms with Crippen LogP contribution >= 0.6 is 11.6 Å². The molecule has 2 rings (SSSR count). The lowest BCUT2D eigenvalue weighted by atomic mass is 10.2. The number of methoxy groups -OCH3 is 1. The van der Waals surface area contributed by atoms with Gasteiger partial charge >= 0.3 is 0 Å². The van der Waals surface area contributed by atoms with Crippen LogP contribution in [0.1, 0.15) is 11.3 Å². The number of aromatic nitrogens is 1. The lowest BCUT2D eigenvalue weighted by Gasteiger charge is -2.12. The average molecular weight is 307 g/mol. The van der Waals surface area contributed by atoms with Crippen LogP contribution in [0, 0.1) is 6.92 Å². The highest BCUT2D eigenvalue weighted by Crippen LogP contribution is 2.27. The summed E-state index contributed by atoms with van der Waals surface area (Å²) in [5.41, 5.74) is 1.96. The SMILES string of the molecule is COCCNCc1cc(Cl)ccc1Oc1ccc(C)nc1. The highest BCUT2D eigenvalue weighted by atomic mass is 35.5. The number of rotatable bonds is 7. The second-order valence-corrected chi connectivity index (χ2v) is 5.10. The molecule has 112 valence electrons. The lowest BCUT2D eigenvalue weighted by molar-refractivity contribution is 0.199. The maximum absolute atomic E-state index is 6.06. The van der Waals surface area contributed by atoms with Gasteiger partial charge in [-0.2, -0.15) is 0 Å². The molecule has 21 heavy (non-hydrogen) atoms. The number of nitrogens with one attached hydrogen (secondary N) is 1. The number of ether oxygens (including phenoxy) is 2. The molecule has 1 N–H and O–H groups in total. The van der Waals surface area contributed by atoms with Gasteiger partial charge in [-0.05, 0) is 37.3 Å². The number of hydrogen-bond donors (Lipinski definition) is 1. The molecule has 0 spiro atoms. The predicted octanol–water partition coefficient (Wildman–Crippen LogP) is 3.57. The van der Waals surface area contributed by atoms with Crippen LogP contribution in [-0.2, 0) is 11.3 Å². The molecule has 1 heterocycles. The van der Waals surface area contributed by atoms with Crippen molar-refractivity contribution in [3.05, 3.63) is 52.8 Å². The summed E-state index contributed by atoms with van der Waals surface area (Å²) in [7, 11) is 1.68. The van der Waals surface area contributed by atoms with Crippen LogP contribution in [0.25, 0.3) is 0 Å². The summed E-state index contributed by atoms with van der Waals surface area (Å²) < 4.78 is 10.9. The van der Waals surface area contributed by atoms with E-state index in [9.17, 15) is 0 Å². The van der Waals surface area contributed by atoms with E-state index >= 15 is 0 Å². The molecule has 0 saturated heterocycles. The fourth-order valence-corrected chi connectivity index (χ4v) is 2.02. The van der Waals surface area contributed by atoms with E-state index in [0.717, 1.165) is 23.6 Å². The molecule has 0 amide bonds. The number of pyridine rings is 1. The summed E-state index contributed by atoms with van der Waals surface area (Å²) >= 11 is 6.06. The molecule has 4 nitrogen and oxygen atoms in total. The summed E-state index contributed by atoms with van der Waals surface area (Å²) in [5.74, 6) is 1.48. The molecule has 2 aromatic rings. The van der Waals surface area contributed by atoms with Gasteiger partial charge in [0.15, 0.2) is 0 Å². The van der Waals surface area contributed by atoms with Crippen molar-refractivity contribution < 1.29 is 9.47 Å². The Morgan fingerprint density at radius 2 is 2.10 bits per heavy atom. The van der Waals surface area contributed by atoms with Crippen LogP contribution in [0.2, 0.25) is 5.02 Å². The van der Waals surface area contributed by atoms with Gasteiger partial charge in [0.05, 0.1) is 12.8 Å². The fourth-order valence-electron chi connectivity index (χ4n) is 1.82. The molecule has 0 atom stereocenters. The summed E-state index contributed by atoms with van der Waals surface area (Å²) in [4.78, 5) is 4.23. The molecule has 0 bridgehead atoms. The average Bonchev–Trinajstić information content (AvgIpc) is 2.48. The van der Waals surface area contributed by atoms with Gasteiger partial charge in [0.2, 0.25) is 0 Å². The number of nitrogens with zero attached hydrogens (tertiary/aromatic N) is 1. The predicted molar refractivity (Wildman–Crippen MR) is 84.1 cm³/mol. The molecular formula is C16H19ClN2O2. The van der Waals surface area contributed by atoms with Crippen molar-refractivity contribution in [1.29, 1.82) is 0 Å². The topological polar surface area (TPSA) is 43.4 Å². The molecule has 0 unspecified atom stereocenters. The van der Waals surface area contributed by atoms with E-state index in [1.807, 2.05) is 37.3 Å². The van der Waals surface area contributed by atoms with Crippen molar-refractivity contribution in [2.24, 2.45) is 0 Å². The Hall–Kier alpha value is -1.62. The van der Waals surface area contributed by atoms with Crippen molar-refractivity contribution >= 4 is 11.6 Å². The van der Waals surface area contributed by atoms with E-state index in [4.69, 9.17) is 21.1 Å². The van der Waals surface area contributed by atoms with Gasteiger partial charge in [0.1, 0.15) is 11.5 Å². The van der Waals surface area contributed by atoms with Crippen LogP contribution in [0.3, 0.4) is 0 Å². The Balaban J connectivity index is 2.08. The smallest absolute Gasteiger partial charge is 0.145 e. The molecule has 0 fully saturated rings. The lowest BCUT2D eigenvalue weighted by Crippen LogP contribution is -2.18. The van der Waals surface area contributed by atoms with Gasteiger partial charge in [-0.3, -0.25) is 4.98 Å². The summed E-state index contributed by atoms with van der Waals surface area (Å²) in [6, 6.07) is 9.41. The molecule has 0 aliphatic heterocycles. The third-order valence-electron chi connectivity index (χ3n) is 2.93. The van der Waals surface area contributed by atoms with Gasteiger partial charge in [-0.1, -0.05) is 11.6 Å². The van der Waals surface area contributed by atoms with Crippen LogP contribution in [0.4, 0.5) is 0 Å². The summed E-state index contributed by atoms with van der Waals surface area (Å²) in [6.45, 7) is 4.04. The van der Waals surface area contributed by atoms with E-state index < -0.39 is 0 Å². The third kappa shape index (κ3) is 5.01. The van der Waals surface area contributed by atoms with E-state index in [1.165, 1.54) is 0 Å². The zero-order chi connectivity index (χ0) is 15.1. The minimum atomic E-state index is 0.665. The van der Waals surface area contributed by atoms with E-state index in [0.29, 0.717) is 23.9 Å². The van der Waals surface area contributed by atoms with Gasteiger partial charge in [-0.25, -0.2) is 0 Å². The van der Waals surface area contributed by atoms with E-state index in [2.05, 4.69) is 10.3 Å². The number of halogens is 1. The van der Waals surface area contributed by atoms with Gasteiger partial charge < -0.3 is 14.8 Å². The molecule has 0 saturated carbocycles. The molecular weight excluding hydrogens is 288 g/mol. The van der Waals surface area contributed by atoms with Crippen LogP contribution in [-0.4, -0.2) is 25.2 Å². The second kappa shape index (κ2) is 7.98. The maximum atomic E-state index is 6.06. The van der Waals surface area contributed by atoms with Gasteiger partial charge in [0, 0.05) is 36.5 Å². The number of hydrogen-bond acceptors (Lipinski definition) is 4. The van der Waals surface area contributed by atoms with Crippen LogP contribution in [0.15, 0.2) is 36.5 Å². The summed E-state index contributed by atoms with van der Waals surface area (Å²) in [5, 5.41) is 3.97. The largest absolute Gasteiger partial charge is 0.455 e. The first kappa shape index (κ1) is 15.8. The monoisotopic (exact) mass is 306 g/mol. The highest BCUT2D eigenvalue weighted by molar-refractivity contribution is 6.30. The first-order valence-corrected chi connectivity index (χ1v) is 7.15. The quantitative estimate of drug-likeness (QED) is 0.794. The van der Waals surface area contributed by atoms with Gasteiger partial charge in [-0.15, -0.1) is 0 Å². The van der Waals surface area contributed by atoms with Gasteiger partial charge in [0.25, 0.3) is 0 Å². The highest BCUT2D eigenvalue weighted by Gasteiger charge is 2.06. The molecule has 0 aliphatic rings. The molecule has 1 aromatic carbocycles. The van der Waals surface area contributed by atoms with Crippen molar-refractivity contribution in [2.75, 3.05) is 20.3 Å². The number of aryl methyl sites for hydroxylation is 1. The van der Waals surface area contributed by atoms with Crippen molar-refractivity contribution in [2.45, 2.75) is 13.5 Å². The zero-order valence-corrected chi connectivity index (χ0v) is 13.0. The van der Waals surface area contributed by atoms with Crippen molar-refractivity contribution in [3.63, 3.8) is 0 Å². The van der Waals surface area contributed by atoms with Crippen LogP contribution < -0.4 is 10.1 Å². The normalized spacial score (nSPS) is 10.6. The summed E-state index contributed by atoms with van der Waals surface area (Å²) in [6.07, 6.45) is 1.71. The second-order valence-electron chi connectivity index (χ2n) is 4.66. The minimum Gasteiger partial charge on any atom is -0.455 e. The zero-order valence-electron chi connectivity index (χ0n) is 12.2. The Morgan fingerprint density at radius 3 is 2.81 bits per heavy atom. The third-order valence-corrected chi connectivity index (χ3v) is 3.17. The standard InChI is InChI=1S/C16H19ClN2O2/c1-12-3-5-15(11-19-12)21-16-6-4-14(17)9-13(16)10-18-7-8-20-2/h3-6,9,11,18H,7-8,10H2,1-2H3. The van der Waals surface area contributed by atoms with E-state index in [1.54, 1.807) is 13.3 Å². The van der Waals surface area contributed by atoms with Crippen molar-refractivity contribution in [1.82, 2.24) is 10.3 Å².